The van der Waals surface area contributed by atoms with E-state index in [0.717, 1.165) is 4.90 Å². The van der Waals surface area contributed by atoms with Crippen LogP contribution in [0.15, 0.2) is 70.9 Å². The molecule has 3 aromatic rings. The molecule has 3 rings (SSSR count). The maximum Gasteiger partial charge on any atom is 0.265 e. The Balaban J connectivity index is 1.56. The Bertz CT molecular complexity index is 927. The molecule has 1 unspecified atom stereocenters. The first-order chi connectivity index (χ1) is 13.0. The third kappa shape index (κ3) is 5.35. The molecule has 2 aromatic carbocycles. The summed E-state index contributed by atoms with van der Waals surface area (Å²) in [5.41, 5.74) is 1.34. The molecule has 2 amide bonds. The number of amides is 2. The van der Waals surface area contributed by atoms with E-state index < -0.39 is 0 Å². The summed E-state index contributed by atoms with van der Waals surface area (Å²) < 4.78 is 0. The molecule has 1 atom stereocenters. The number of carbonyl (C=O) groups excluding carboxylic acids is 2. The Morgan fingerprint density at radius 3 is 2.26 bits per heavy atom. The number of carbonyl (C=O) groups is 2. The van der Waals surface area contributed by atoms with Gasteiger partial charge in [0.05, 0.1) is 15.1 Å². The van der Waals surface area contributed by atoms with Crippen LogP contribution in [0.2, 0.25) is 5.02 Å². The predicted octanol–water partition coefficient (Wildman–Crippen LogP) is 5.77. The molecule has 0 bridgehead atoms. The molecule has 0 saturated heterocycles. The molecule has 1 aromatic heterocycles. The summed E-state index contributed by atoms with van der Waals surface area (Å²) in [5, 5.41) is 7.89. The van der Waals surface area contributed by atoms with E-state index in [9.17, 15) is 9.59 Å². The summed E-state index contributed by atoms with van der Waals surface area (Å²) in [6, 6.07) is 18.1. The third-order valence-corrected chi connectivity index (χ3v) is 6.15. The molecule has 0 fully saturated rings. The average Bonchev–Trinajstić information content (AvgIpc) is 3.20. The van der Waals surface area contributed by atoms with Gasteiger partial charge in [-0.15, -0.1) is 23.1 Å². The normalized spacial score (nSPS) is 11.6. The van der Waals surface area contributed by atoms with E-state index in [1.165, 1.54) is 23.1 Å². The largest absolute Gasteiger partial charge is 0.325 e. The summed E-state index contributed by atoms with van der Waals surface area (Å²) in [4.78, 5) is 26.0. The number of hydrogen-bond acceptors (Lipinski definition) is 4. The lowest BCUT2D eigenvalue weighted by Gasteiger charge is -2.13. The first-order valence-corrected chi connectivity index (χ1v) is 10.3. The van der Waals surface area contributed by atoms with Gasteiger partial charge in [0.25, 0.3) is 5.91 Å². The van der Waals surface area contributed by atoms with E-state index in [2.05, 4.69) is 10.6 Å². The van der Waals surface area contributed by atoms with Crippen molar-refractivity contribution < 1.29 is 9.59 Å². The Hall–Kier alpha value is -2.28. The van der Waals surface area contributed by atoms with E-state index in [1.54, 1.807) is 36.4 Å². The highest BCUT2D eigenvalue weighted by molar-refractivity contribution is 8.00. The molecule has 7 heteroatoms. The molecule has 0 saturated carbocycles. The molecule has 4 nitrogen and oxygen atoms in total. The van der Waals surface area contributed by atoms with Gasteiger partial charge in [-0.3, -0.25) is 9.59 Å². The molecule has 0 aliphatic heterocycles. The second kappa shape index (κ2) is 9.08. The van der Waals surface area contributed by atoms with Crippen LogP contribution in [0.25, 0.3) is 0 Å². The van der Waals surface area contributed by atoms with Crippen LogP contribution in [-0.2, 0) is 4.79 Å². The monoisotopic (exact) mass is 416 g/mol. The van der Waals surface area contributed by atoms with Crippen LogP contribution in [0.3, 0.4) is 0 Å². The second-order valence-electron chi connectivity index (χ2n) is 5.69. The van der Waals surface area contributed by atoms with Gasteiger partial charge in [-0.05, 0) is 54.8 Å². The molecule has 0 aliphatic carbocycles. The van der Waals surface area contributed by atoms with Crippen LogP contribution in [0.5, 0.6) is 0 Å². The summed E-state index contributed by atoms with van der Waals surface area (Å²) in [5.74, 6) is -0.262. The van der Waals surface area contributed by atoms with Crippen LogP contribution < -0.4 is 10.6 Å². The lowest BCUT2D eigenvalue weighted by molar-refractivity contribution is -0.115. The number of nitrogens with one attached hydrogen (secondary N) is 2. The van der Waals surface area contributed by atoms with Crippen molar-refractivity contribution in [3.8, 4) is 0 Å². The lowest BCUT2D eigenvalue weighted by atomic mass is 10.2. The molecule has 0 aliphatic rings. The number of thiophene rings is 1. The van der Waals surface area contributed by atoms with Gasteiger partial charge in [0.15, 0.2) is 0 Å². The van der Waals surface area contributed by atoms with Gasteiger partial charge >= 0.3 is 0 Å². The molecule has 2 N–H and O–H groups in total. The van der Waals surface area contributed by atoms with Crippen LogP contribution in [-0.4, -0.2) is 17.1 Å². The first-order valence-electron chi connectivity index (χ1n) is 8.20. The van der Waals surface area contributed by atoms with Crippen molar-refractivity contribution in [2.24, 2.45) is 0 Å². The molecule has 138 valence electrons. The Morgan fingerprint density at radius 2 is 1.63 bits per heavy atom. The molecular formula is C20H17ClN2O2S2. The van der Waals surface area contributed by atoms with E-state index in [1.807, 2.05) is 36.6 Å². The average molecular weight is 417 g/mol. The van der Waals surface area contributed by atoms with Gasteiger partial charge in [0.1, 0.15) is 0 Å². The van der Waals surface area contributed by atoms with Gasteiger partial charge in [0, 0.05) is 16.3 Å². The minimum atomic E-state index is -0.303. The molecular weight excluding hydrogens is 400 g/mol. The van der Waals surface area contributed by atoms with Gasteiger partial charge in [0.2, 0.25) is 5.91 Å². The van der Waals surface area contributed by atoms with Crippen molar-refractivity contribution >= 4 is 57.9 Å². The fourth-order valence-electron chi connectivity index (χ4n) is 2.27. The van der Waals surface area contributed by atoms with Crippen molar-refractivity contribution in [3.63, 3.8) is 0 Å². The lowest BCUT2D eigenvalue weighted by Crippen LogP contribution is -2.22. The maximum atomic E-state index is 12.4. The zero-order valence-electron chi connectivity index (χ0n) is 14.4. The van der Waals surface area contributed by atoms with Crippen molar-refractivity contribution in [1.29, 1.82) is 0 Å². The fraction of sp³-hybridized carbons (Fsp3) is 0.100. The predicted molar refractivity (Wildman–Crippen MR) is 114 cm³/mol. The highest BCUT2D eigenvalue weighted by atomic mass is 35.5. The van der Waals surface area contributed by atoms with E-state index in [4.69, 9.17) is 11.6 Å². The Labute approximate surface area is 170 Å². The number of thioether (sulfide) groups is 1. The van der Waals surface area contributed by atoms with Crippen molar-refractivity contribution in [1.82, 2.24) is 0 Å². The van der Waals surface area contributed by atoms with Gasteiger partial charge < -0.3 is 10.6 Å². The highest BCUT2D eigenvalue weighted by Gasteiger charge is 2.16. The van der Waals surface area contributed by atoms with Crippen LogP contribution >= 0.6 is 34.7 Å². The zero-order chi connectivity index (χ0) is 19.2. The van der Waals surface area contributed by atoms with Crippen LogP contribution in [0.1, 0.15) is 16.6 Å². The van der Waals surface area contributed by atoms with Crippen molar-refractivity contribution in [2.75, 3.05) is 10.6 Å². The van der Waals surface area contributed by atoms with Crippen LogP contribution in [0.4, 0.5) is 11.4 Å². The van der Waals surface area contributed by atoms with E-state index in [0.29, 0.717) is 21.3 Å². The van der Waals surface area contributed by atoms with Crippen molar-refractivity contribution in [3.05, 3.63) is 75.9 Å². The Kier molecular flexibility index (Phi) is 6.55. The summed E-state index contributed by atoms with van der Waals surface area (Å²) >= 11 is 8.94. The quantitative estimate of drug-likeness (QED) is 0.501. The highest BCUT2D eigenvalue weighted by Crippen LogP contribution is 2.30. The van der Waals surface area contributed by atoms with E-state index >= 15 is 0 Å². The maximum absolute atomic E-state index is 12.4. The number of hydrogen-bond donors (Lipinski definition) is 2. The minimum Gasteiger partial charge on any atom is -0.325 e. The number of halogens is 1. The smallest absolute Gasteiger partial charge is 0.265 e. The van der Waals surface area contributed by atoms with Gasteiger partial charge in [-0.2, -0.15) is 0 Å². The van der Waals surface area contributed by atoms with Gasteiger partial charge in [-0.25, -0.2) is 0 Å². The third-order valence-electron chi connectivity index (χ3n) is 3.66. The SMILES string of the molecule is CC(Sc1ccccc1Cl)C(=O)Nc1ccc(NC(=O)c2cccs2)cc1. The second-order valence-corrected chi connectivity index (χ2v) is 8.43. The Morgan fingerprint density at radius 1 is 0.963 bits per heavy atom. The minimum absolute atomic E-state index is 0.115. The fourth-order valence-corrected chi connectivity index (χ4v) is 4.04. The number of rotatable bonds is 6. The molecule has 27 heavy (non-hydrogen) atoms. The topological polar surface area (TPSA) is 58.2 Å². The number of anilines is 2. The van der Waals surface area contributed by atoms with Gasteiger partial charge in [-0.1, -0.05) is 29.8 Å². The summed E-state index contributed by atoms with van der Waals surface area (Å²) in [6.45, 7) is 1.83. The first kappa shape index (κ1) is 19.5. The van der Waals surface area contributed by atoms with Crippen molar-refractivity contribution in [2.45, 2.75) is 17.1 Å². The zero-order valence-corrected chi connectivity index (χ0v) is 16.8. The molecule has 0 spiro atoms. The standard InChI is InChI=1S/C20H17ClN2O2S2/c1-13(27-17-6-3-2-5-16(17)21)19(24)22-14-8-10-15(11-9-14)23-20(25)18-7-4-12-26-18/h2-13H,1H3,(H,22,24)(H,23,25). The number of benzene rings is 2. The summed E-state index contributed by atoms with van der Waals surface area (Å²) in [6.07, 6.45) is 0. The molecule has 1 heterocycles. The van der Waals surface area contributed by atoms with Crippen LogP contribution in [0, 0.1) is 0 Å². The molecule has 0 radical (unpaired) electrons. The summed E-state index contributed by atoms with van der Waals surface area (Å²) in [7, 11) is 0. The van der Waals surface area contributed by atoms with E-state index in [-0.39, 0.29) is 17.1 Å².